The van der Waals surface area contributed by atoms with E-state index in [1.165, 1.54) is 27.7 Å². The molecule has 0 aliphatic rings. The molecule has 1 unspecified atom stereocenters. The molecule has 0 spiro atoms. The van der Waals surface area contributed by atoms with Gasteiger partial charge < -0.3 is 15.2 Å². The molecule has 0 bridgehead atoms. The third-order valence-corrected chi connectivity index (χ3v) is 4.77. The summed E-state index contributed by atoms with van der Waals surface area (Å²) in [7, 11) is 0. The number of carboxylic acid groups (broad SMARTS) is 1. The molecule has 3 aromatic rings. The first-order valence-electron chi connectivity index (χ1n) is 9.39. The number of benzene rings is 1. The highest BCUT2D eigenvalue weighted by atomic mass is 19.4. The van der Waals surface area contributed by atoms with Crippen molar-refractivity contribution in [3.8, 4) is 5.75 Å². The Bertz CT molecular complexity index is 1150. The highest BCUT2D eigenvalue weighted by molar-refractivity contribution is 5.94. The number of nitrogens with zero attached hydrogens (tertiary/aromatic N) is 4. The number of carbonyl (C=O) groups is 2. The minimum absolute atomic E-state index is 0.0273. The molecule has 0 radical (unpaired) electrons. The van der Waals surface area contributed by atoms with Gasteiger partial charge in [-0.05, 0) is 39.0 Å². The minimum Gasteiger partial charge on any atom is -0.478 e. The molecule has 0 saturated carbocycles. The highest BCUT2D eigenvalue weighted by Crippen LogP contribution is 2.31. The van der Waals surface area contributed by atoms with Crippen LogP contribution < -0.4 is 10.1 Å². The van der Waals surface area contributed by atoms with Crippen molar-refractivity contribution in [3.05, 3.63) is 59.2 Å². The van der Waals surface area contributed by atoms with Crippen molar-refractivity contribution in [1.29, 1.82) is 0 Å². The number of ether oxygens (including phenoxy) is 1. The molecule has 0 saturated heterocycles. The number of aromatic nitrogens is 4. The van der Waals surface area contributed by atoms with Crippen LogP contribution in [-0.4, -0.2) is 36.5 Å². The maximum absolute atomic E-state index is 12.9. The van der Waals surface area contributed by atoms with Gasteiger partial charge in [0, 0.05) is 6.20 Å². The number of aryl methyl sites for hydroxylation is 1. The molecule has 2 N–H and O–H groups in total. The monoisotopic (exact) mass is 451 g/mol. The van der Waals surface area contributed by atoms with Gasteiger partial charge in [0.2, 0.25) is 5.91 Å². The van der Waals surface area contributed by atoms with E-state index in [0.717, 1.165) is 18.3 Å². The molecule has 12 heteroatoms. The number of nitrogens with one attached hydrogen (secondary N) is 1. The maximum Gasteiger partial charge on any atom is 0.416 e. The Labute approximate surface area is 180 Å². The largest absolute Gasteiger partial charge is 0.478 e. The third kappa shape index (κ3) is 4.90. The van der Waals surface area contributed by atoms with Gasteiger partial charge in [-0.15, -0.1) is 0 Å². The van der Waals surface area contributed by atoms with Gasteiger partial charge in [-0.1, -0.05) is 6.07 Å². The summed E-state index contributed by atoms with van der Waals surface area (Å²) in [4.78, 5) is 23.6. The van der Waals surface area contributed by atoms with E-state index in [9.17, 15) is 22.8 Å². The first kappa shape index (κ1) is 22.8. The fraction of sp³-hybridized carbons (Fsp3) is 0.300. The van der Waals surface area contributed by atoms with Crippen LogP contribution in [0.1, 0.15) is 40.3 Å². The van der Waals surface area contributed by atoms with Crippen LogP contribution in [0.5, 0.6) is 5.75 Å². The lowest BCUT2D eigenvalue weighted by Gasteiger charge is -2.13. The average molecular weight is 451 g/mol. The SMILES string of the molecule is Cc1nn(COc2cccc(C(F)(F)F)c2)c(C)c1NC(=O)C(C)n1cc(C(=O)O)cn1. The summed E-state index contributed by atoms with van der Waals surface area (Å²) in [6.45, 7) is 4.72. The van der Waals surface area contributed by atoms with Crippen molar-refractivity contribution in [1.82, 2.24) is 19.6 Å². The Morgan fingerprint density at radius 1 is 1.28 bits per heavy atom. The lowest BCUT2D eigenvalue weighted by Crippen LogP contribution is -2.24. The van der Waals surface area contributed by atoms with Crippen molar-refractivity contribution in [3.63, 3.8) is 0 Å². The predicted octanol–water partition coefficient (Wildman–Crippen LogP) is 3.65. The van der Waals surface area contributed by atoms with Crippen molar-refractivity contribution < 1.29 is 32.6 Å². The fourth-order valence-electron chi connectivity index (χ4n) is 2.91. The topological polar surface area (TPSA) is 111 Å². The summed E-state index contributed by atoms with van der Waals surface area (Å²) in [6, 6.07) is 3.69. The van der Waals surface area contributed by atoms with Crippen LogP contribution in [0.3, 0.4) is 0 Å². The van der Waals surface area contributed by atoms with Crippen molar-refractivity contribution in [2.75, 3.05) is 5.32 Å². The predicted molar refractivity (Wildman–Crippen MR) is 106 cm³/mol. The van der Waals surface area contributed by atoms with Crippen molar-refractivity contribution in [2.45, 2.75) is 39.7 Å². The molecule has 170 valence electrons. The molecule has 1 amide bonds. The summed E-state index contributed by atoms with van der Waals surface area (Å²) in [5, 5.41) is 19.9. The number of hydrogen-bond acceptors (Lipinski definition) is 5. The number of aromatic carboxylic acids is 1. The normalized spacial score (nSPS) is 12.4. The Morgan fingerprint density at radius 2 is 2.00 bits per heavy atom. The number of rotatable bonds is 7. The second-order valence-electron chi connectivity index (χ2n) is 7.02. The summed E-state index contributed by atoms with van der Waals surface area (Å²) in [5.74, 6) is -1.58. The number of hydrogen-bond donors (Lipinski definition) is 2. The zero-order chi connectivity index (χ0) is 23.6. The summed E-state index contributed by atoms with van der Waals surface area (Å²) >= 11 is 0. The number of carbonyl (C=O) groups excluding carboxylic acids is 1. The van der Waals surface area contributed by atoms with Crippen LogP contribution >= 0.6 is 0 Å². The minimum atomic E-state index is -4.48. The van der Waals surface area contributed by atoms with Gasteiger partial charge in [0.05, 0.1) is 34.4 Å². The van der Waals surface area contributed by atoms with Crippen molar-refractivity contribution >= 4 is 17.6 Å². The van der Waals surface area contributed by atoms with Gasteiger partial charge in [-0.2, -0.15) is 23.4 Å². The highest BCUT2D eigenvalue weighted by Gasteiger charge is 2.30. The molecule has 9 nitrogen and oxygen atoms in total. The molecular weight excluding hydrogens is 431 g/mol. The molecule has 32 heavy (non-hydrogen) atoms. The molecule has 2 heterocycles. The lowest BCUT2D eigenvalue weighted by molar-refractivity contribution is -0.137. The quantitative estimate of drug-likeness (QED) is 0.567. The van der Waals surface area contributed by atoms with E-state index < -0.39 is 29.7 Å². The smallest absolute Gasteiger partial charge is 0.416 e. The molecule has 0 aliphatic heterocycles. The Hall–Kier alpha value is -3.83. The van der Waals surface area contributed by atoms with E-state index >= 15 is 0 Å². The van der Waals surface area contributed by atoms with Crippen LogP contribution in [0.25, 0.3) is 0 Å². The van der Waals surface area contributed by atoms with Crippen LogP contribution in [0.4, 0.5) is 18.9 Å². The Morgan fingerprint density at radius 3 is 2.62 bits per heavy atom. The van der Waals surface area contributed by atoms with Gasteiger partial charge >= 0.3 is 12.1 Å². The summed E-state index contributed by atoms with van der Waals surface area (Å²) in [5.41, 5.74) is 0.552. The van der Waals surface area contributed by atoms with E-state index in [1.807, 2.05) is 0 Å². The molecule has 1 aromatic carbocycles. The molecule has 0 aliphatic carbocycles. The van der Waals surface area contributed by atoms with Crippen molar-refractivity contribution in [2.24, 2.45) is 0 Å². The summed E-state index contributed by atoms with van der Waals surface area (Å²) in [6.07, 6.45) is -2.09. The van der Waals surface area contributed by atoms with Gasteiger partial charge in [-0.3, -0.25) is 9.48 Å². The number of amides is 1. The molecule has 0 fully saturated rings. The maximum atomic E-state index is 12.9. The van der Waals surface area contributed by atoms with E-state index in [4.69, 9.17) is 9.84 Å². The third-order valence-electron chi connectivity index (χ3n) is 4.77. The van der Waals surface area contributed by atoms with Crippen LogP contribution in [0, 0.1) is 13.8 Å². The van der Waals surface area contributed by atoms with Crippen LogP contribution in [0.15, 0.2) is 36.7 Å². The van der Waals surface area contributed by atoms with Gasteiger partial charge in [0.25, 0.3) is 0 Å². The van der Waals surface area contributed by atoms with Gasteiger partial charge in [0.15, 0.2) is 6.73 Å². The first-order valence-corrected chi connectivity index (χ1v) is 9.39. The second kappa shape index (κ2) is 8.73. The molecule has 3 rings (SSSR count). The van der Waals surface area contributed by atoms with E-state index in [1.54, 1.807) is 20.8 Å². The molecule has 2 aromatic heterocycles. The average Bonchev–Trinajstić information content (AvgIpc) is 3.32. The molecule has 1 atom stereocenters. The number of carboxylic acids is 1. The fourth-order valence-corrected chi connectivity index (χ4v) is 2.91. The van der Waals surface area contributed by atoms with Gasteiger partial charge in [0.1, 0.15) is 11.8 Å². The van der Waals surface area contributed by atoms with E-state index in [2.05, 4.69) is 15.5 Å². The number of anilines is 1. The Kier molecular flexibility index (Phi) is 6.23. The van der Waals surface area contributed by atoms with Crippen LogP contribution in [-0.2, 0) is 17.7 Å². The molecular formula is C20H20F3N5O4. The standard InChI is InChI=1S/C20H20F3N5O4/c1-11-17(25-18(29)13(3)27-9-14(8-24-27)19(30)31)12(2)28(26-11)10-32-16-6-4-5-15(7-16)20(21,22)23/h4-9,13H,10H2,1-3H3,(H,25,29)(H,30,31). The zero-order valence-electron chi connectivity index (χ0n) is 17.3. The number of halogens is 3. The van der Waals surface area contributed by atoms with E-state index in [-0.39, 0.29) is 18.0 Å². The zero-order valence-corrected chi connectivity index (χ0v) is 17.3. The van der Waals surface area contributed by atoms with Crippen LogP contribution in [0.2, 0.25) is 0 Å². The Balaban J connectivity index is 1.70. The lowest BCUT2D eigenvalue weighted by atomic mass is 10.2. The number of alkyl halides is 3. The van der Waals surface area contributed by atoms with E-state index in [0.29, 0.717) is 17.1 Å². The second-order valence-corrected chi connectivity index (χ2v) is 7.02. The first-order chi connectivity index (χ1) is 15.0. The summed E-state index contributed by atoms with van der Waals surface area (Å²) < 4.78 is 46.6. The van der Waals surface area contributed by atoms with Gasteiger partial charge in [-0.25, -0.2) is 9.48 Å².